The summed E-state index contributed by atoms with van der Waals surface area (Å²) in [5.74, 6) is 1.68. The number of nitrogens with one attached hydrogen (secondary N) is 1. The predicted molar refractivity (Wildman–Crippen MR) is 70.9 cm³/mol. The molecule has 0 aromatic carbocycles. The smallest absolute Gasteiger partial charge is 0.208 e. The fraction of sp³-hybridized carbons (Fsp3) is 0.786. The summed E-state index contributed by atoms with van der Waals surface area (Å²) in [6, 6.07) is 0.545. The van der Waals surface area contributed by atoms with E-state index in [4.69, 9.17) is 4.42 Å². The largest absolute Gasteiger partial charge is 0.445 e. The average molecular weight is 238 g/mol. The van der Waals surface area contributed by atoms with Gasteiger partial charge in [-0.15, -0.1) is 0 Å². The van der Waals surface area contributed by atoms with E-state index in [9.17, 15) is 0 Å². The minimum atomic E-state index is 0.545. The molecule has 1 N–H and O–H groups in total. The van der Waals surface area contributed by atoms with Crippen molar-refractivity contribution >= 4 is 0 Å². The van der Waals surface area contributed by atoms with Crippen molar-refractivity contribution in [1.82, 2.24) is 10.3 Å². The van der Waals surface area contributed by atoms with Crippen molar-refractivity contribution in [3.63, 3.8) is 0 Å². The van der Waals surface area contributed by atoms with Crippen molar-refractivity contribution in [1.29, 1.82) is 0 Å². The fourth-order valence-corrected chi connectivity index (χ4v) is 1.90. The van der Waals surface area contributed by atoms with Gasteiger partial charge in [0.2, 0.25) is 5.89 Å². The number of aromatic nitrogens is 1. The maximum absolute atomic E-state index is 5.42. The van der Waals surface area contributed by atoms with Gasteiger partial charge in [-0.05, 0) is 20.3 Å². The lowest BCUT2D eigenvalue weighted by Crippen LogP contribution is -2.25. The van der Waals surface area contributed by atoms with Crippen LogP contribution in [0.2, 0.25) is 0 Å². The van der Waals surface area contributed by atoms with Crippen molar-refractivity contribution in [3.05, 3.63) is 17.8 Å². The van der Waals surface area contributed by atoms with Crippen LogP contribution in [0.3, 0.4) is 0 Å². The molecule has 0 fully saturated rings. The molecule has 1 atom stereocenters. The number of hydrogen-bond acceptors (Lipinski definition) is 3. The Kier molecular flexibility index (Phi) is 6.94. The average Bonchev–Trinajstić information content (AvgIpc) is 2.72. The van der Waals surface area contributed by atoms with Crippen LogP contribution in [0.5, 0.6) is 0 Å². The molecule has 0 aliphatic carbocycles. The van der Waals surface area contributed by atoms with Gasteiger partial charge in [0.1, 0.15) is 5.76 Å². The summed E-state index contributed by atoms with van der Waals surface area (Å²) >= 11 is 0. The van der Waals surface area contributed by atoms with E-state index in [1.165, 1.54) is 38.5 Å². The van der Waals surface area contributed by atoms with Crippen LogP contribution in [-0.2, 0) is 6.54 Å². The van der Waals surface area contributed by atoms with Gasteiger partial charge in [0.15, 0.2) is 0 Å². The van der Waals surface area contributed by atoms with E-state index in [1.54, 1.807) is 6.20 Å². The maximum atomic E-state index is 5.42. The van der Waals surface area contributed by atoms with Crippen LogP contribution in [0.25, 0.3) is 0 Å². The van der Waals surface area contributed by atoms with Crippen molar-refractivity contribution < 1.29 is 4.42 Å². The number of unbranched alkanes of at least 4 members (excludes halogenated alkanes) is 4. The molecule has 1 heterocycles. The van der Waals surface area contributed by atoms with Crippen LogP contribution in [0.1, 0.15) is 64.0 Å². The zero-order chi connectivity index (χ0) is 12.5. The number of rotatable bonds is 9. The summed E-state index contributed by atoms with van der Waals surface area (Å²) in [6.45, 7) is 7.15. The Morgan fingerprint density at radius 3 is 2.71 bits per heavy atom. The lowest BCUT2D eigenvalue weighted by Gasteiger charge is -2.11. The quantitative estimate of drug-likeness (QED) is 0.665. The van der Waals surface area contributed by atoms with E-state index in [0.29, 0.717) is 6.04 Å². The first kappa shape index (κ1) is 14.2. The molecule has 0 radical (unpaired) electrons. The predicted octanol–water partition coefficient (Wildman–Crippen LogP) is 3.82. The first-order valence-electron chi connectivity index (χ1n) is 6.87. The number of oxazole rings is 1. The highest BCUT2D eigenvalue weighted by molar-refractivity contribution is 4.90. The monoisotopic (exact) mass is 238 g/mol. The summed E-state index contributed by atoms with van der Waals surface area (Å²) in [6.07, 6.45) is 9.75. The van der Waals surface area contributed by atoms with Crippen molar-refractivity contribution in [2.75, 3.05) is 0 Å². The van der Waals surface area contributed by atoms with Gasteiger partial charge in [-0.1, -0.05) is 39.0 Å². The van der Waals surface area contributed by atoms with Crippen LogP contribution in [0, 0.1) is 6.92 Å². The Balaban J connectivity index is 2.03. The van der Waals surface area contributed by atoms with E-state index in [1.807, 2.05) is 6.92 Å². The molecule has 0 amide bonds. The van der Waals surface area contributed by atoms with E-state index in [-0.39, 0.29) is 0 Å². The first-order chi connectivity index (χ1) is 8.22. The van der Waals surface area contributed by atoms with Gasteiger partial charge in [-0.3, -0.25) is 0 Å². The van der Waals surface area contributed by atoms with Crippen LogP contribution < -0.4 is 5.32 Å². The normalized spacial score (nSPS) is 12.9. The second-order valence-corrected chi connectivity index (χ2v) is 4.85. The van der Waals surface area contributed by atoms with Gasteiger partial charge in [-0.2, -0.15) is 0 Å². The zero-order valence-electron chi connectivity index (χ0n) is 11.5. The summed E-state index contributed by atoms with van der Waals surface area (Å²) in [4.78, 5) is 4.18. The molecule has 0 bridgehead atoms. The maximum Gasteiger partial charge on any atom is 0.208 e. The molecule has 1 aromatic rings. The molecule has 0 saturated carbocycles. The molecule has 0 spiro atoms. The molecule has 98 valence electrons. The fourth-order valence-electron chi connectivity index (χ4n) is 1.90. The van der Waals surface area contributed by atoms with Crippen molar-refractivity contribution in [2.24, 2.45) is 0 Å². The van der Waals surface area contributed by atoms with Crippen LogP contribution in [0.4, 0.5) is 0 Å². The highest BCUT2D eigenvalue weighted by Crippen LogP contribution is 2.08. The molecular weight excluding hydrogens is 212 g/mol. The second-order valence-electron chi connectivity index (χ2n) is 4.85. The summed E-state index contributed by atoms with van der Waals surface area (Å²) < 4.78 is 5.42. The zero-order valence-corrected chi connectivity index (χ0v) is 11.5. The number of nitrogens with zero attached hydrogens (tertiary/aromatic N) is 1. The number of hydrogen-bond donors (Lipinski definition) is 1. The lowest BCUT2D eigenvalue weighted by molar-refractivity contribution is 0.413. The molecule has 0 saturated heterocycles. The Hall–Kier alpha value is -0.830. The van der Waals surface area contributed by atoms with Crippen LogP contribution in [0.15, 0.2) is 10.6 Å². The summed E-state index contributed by atoms with van der Waals surface area (Å²) in [7, 11) is 0. The highest BCUT2D eigenvalue weighted by Gasteiger charge is 2.04. The minimum absolute atomic E-state index is 0.545. The van der Waals surface area contributed by atoms with Crippen molar-refractivity contribution in [3.8, 4) is 0 Å². The van der Waals surface area contributed by atoms with Gasteiger partial charge in [0, 0.05) is 6.04 Å². The van der Waals surface area contributed by atoms with Gasteiger partial charge >= 0.3 is 0 Å². The Morgan fingerprint density at radius 2 is 2.06 bits per heavy atom. The standard InChI is InChI=1S/C14H26N2O/c1-4-5-6-7-8-9-12(2)15-11-14-16-10-13(3)17-14/h10,12,15H,4-9,11H2,1-3H3. The Bertz CT molecular complexity index is 296. The number of aryl methyl sites for hydroxylation is 1. The van der Waals surface area contributed by atoms with E-state index in [0.717, 1.165) is 18.2 Å². The molecular formula is C14H26N2O. The van der Waals surface area contributed by atoms with Gasteiger partial charge in [0.05, 0.1) is 12.7 Å². The second kappa shape index (κ2) is 8.29. The molecule has 17 heavy (non-hydrogen) atoms. The first-order valence-corrected chi connectivity index (χ1v) is 6.87. The van der Waals surface area contributed by atoms with E-state index < -0.39 is 0 Å². The van der Waals surface area contributed by atoms with Gasteiger partial charge in [0.25, 0.3) is 0 Å². The van der Waals surface area contributed by atoms with Gasteiger partial charge in [-0.25, -0.2) is 4.98 Å². The topological polar surface area (TPSA) is 38.1 Å². The third-order valence-electron chi connectivity index (χ3n) is 3.01. The van der Waals surface area contributed by atoms with Crippen LogP contribution in [-0.4, -0.2) is 11.0 Å². The molecule has 0 aliphatic rings. The third kappa shape index (κ3) is 6.47. The Labute approximate surface area is 105 Å². The van der Waals surface area contributed by atoms with E-state index >= 15 is 0 Å². The summed E-state index contributed by atoms with van der Waals surface area (Å²) in [5.41, 5.74) is 0. The SMILES string of the molecule is CCCCCCCC(C)NCc1ncc(C)o1. The minimum Gasteiger partial charge on any atom is -0.445 e. The Morgan fingerprint density at radius 1 is 1.29 bits per heavy atom. The summed E-state index contributed by atoms with van der Waals surface area (Å²) in [5, 5.41) is 3.45. The molecule has 0 aliphatic heterocycles. The van der Waals surface area contributed by atoms with Crippen molar-refractivity contribution in [2.45, 2.75) is 71.9 Å². The molecule has 1 aromatic heterocycles. The highest BCUT2D eigenvalue weighted by atomic mass is 16.4. The van der Waals surface area contributed by atoms with Crippen LogP contribution >= 0.6 is 0 Å². The molecule has 3 nitrogen and oxygen atoms in total. The lowest BCUT2D eigenvalue weighted by atomic mass is 10.1. The molecule has 1 rings (SSSR count). The molecule has 1 unspecified atom stereocenters. The van der Waals surface area contributed by atoms with E-state index in [2.05, 4.69) is 24.1 Å². The third-order valence-corrected chi connectivity index (χ3v) is 3.01. The van der Waals surface area contributed by atoms with Gasteiger partial charge < -0.3 is 9.73 Å². The molecule has 3 heteroatoms.